The van der Waals surface area contributed by atoms with Crippen LogP contribution in [0.4, 0.5) is 10.1 Å². The van der Waals surface area contributed by atoms with Crippen LogP contribution in [0.25, 0.3) is 0 Å². The van der Waals surface area contributed by atoms with Crippen LogP contribution in [0.3, 0.4) is 0 Å². The predicted octanol–water partition coefficient (Wildman–Crippen LogP) is 3.34. The third-order valence-electron chi connectivity index (χ3n) is 2.74. The van der Waals surface area contributed by atoms with Crippen molar-refractivity contribution < 1.29 is 9.31 Å². The van der Waals surface area contributed by atoms with E-state index in [0.717, 1.165) is 0 Å². The van der Waals surface area contributed by atoms with Gasteiger partial charge in [-0.1, -0.05) is 6.92 Å². The van der Waals surface area contributed by atoms with E-state index in [1.165, 1.54) is 12.1 Å². The molecule has 0 aliphatic heterocycles. The quantitative estimate of drug-likeness (QED) is 0.685. The minimum Gasteiger partial charge on any atom is -0.327 e. The second-order valence-electron chi connectivity index (χ2n) is 3.96. The van der Waals surface area contributed by atoms with Crippen LogP contribution in [0.5, 0.6) is 0 Å². The van der Waals surface area contributed by atoms with Gasteiger partial charge in [-0.25, -0.2) is 4.39 Å². The maximum absolute atomic E-state index is 13.5. The van der Waals surface area contributed by atoms with Gasteiger partial charge in [0.2, 0.25) is 0 Å². The summed E-state index contributed by atoms with van der Waals surface area (Å²) in [6.07, 6.45) is 0.625. The highest BCUT2D eigenvalue weighted by Gasteiger charge is 2.25. The molecule has 0 bridgehead atoms. The Morgan fingerprint density at radius 1 is 1.59 bits per heavy atom. The lowest BCUT2D eigenvalue weighted by molar-refractivity contribution is -0.385. The third kappa shape index (κ3) is 3.01. The molecule has 0 aliphatic carbocycles. The highest BCUT2D eigenvalue weighted by Crippen LogP contribution is 2.34. The highest BCUT2D eigenvalue weighted by molar-refractivity contribution is 9.10. The summed E-state index contributed by atoms with van der Waals surface area (Å²) >= 11 is 2.95. The van der Waals surface area contributed by atoms with E-state index in [9.17, 15) is 14.5 Å². The summed E-state index contributed by atoms with van der Waals surface area (Å²) in [7, 11) is 0. The van der Waals surface area contributed by atoms with Gasteiger partial charge in [-0.3, -0.25) is 10.1 Å². The van der Waals surface area contributed by atoms with Gasteiger partial charge in [0, 0.05) is 23.6 Å². The van der Waals surface area contributed by atoms with E-state index < -0.39 is 10.7 Å². The van der Waals surface area contributed by atoms with E-state index in [0.29, 0.717) is 12.0 Å². The number of rotatable bonds is 4. The van der Waals surface area contributed by atoms with E-state index >= 15 is 0 Å². The van der Waals surface area contributed by atoms with Gasteiger partial charge < -0.3 is 5.73 Å². The van der Waals surface area contributed by atoms with Gasteiger partial charge in [0.15, 0.2) is 0 Å². The number of benzene rings is 1. The zero-order chi connectivity index (χ0) is 13.2. The van der Waals surface area contributed by atoms with E-state index in [2.05, 4.69) is 15.9 Å². The molecule has 0 amide bonds. The molecule has 0 fully saturated rings. The van der Waals surface area contributed by atoms with E-state index in [1.807, 2.05) is 6.92 Å². The van der Waals surface area contributed by atoms with Crippen molar-refractivity contribution in [3.8, 4) is 0 Å². The van der Waals surface area contributed by atoms with Crippen molar-refractivity contribution in [3.63, 3.8) is 0 Å². The van der Waals surface area contributed by atoms with Crippen LogP contribution < -0.4 is 5.73 Å². The van der Waals surface area contributed by atoms with Crippen molar-refractivity contribution in [1.29, 1.82) is 0 Å². The monoisotopic (exact) mass is 304 g/mol. The van der Waals surface area contributed by atoms with Gasteiger partial charge in [0.1, 0.15) is 5.82 Å². The number of nitro groups is 1. The first-order valence-corrected chi connectivity index (χ1v) is 6.06. The predicted molar refractivity (Wildman–Crippen MR) is 67.4 cm³/mol. The molecule has 2 unspecified atom stereocenters. The maximum Gasteiger partial charge on any atom is 0.274 e. The van der Waals surface area contributed by atoms with Crippen molar-refractivity contribution >= 4 is 21.6 Å². The fraction of sp³-hybridized carbons (Fsp3) is 0.455. The van der Waals surface area contributed by atoms with Crippen LogP contribution in [-0.2, 0) is 0 Å². The van der Waals surface area contributed by atoms with Gasteiger partial charge in [-0.2, -0.15) is 0 Å². The summed E-state index contributed by atoms with van der Waals surface area (Å²) in [6.45, 7) is 3.63. The van der Waals surface area contributed by atoms with Gasteiger partial charge >= 0.3 is 0 Å². The smallest absolute Gasteiger partial charge is 0.274 e. The van der Waals surface area contributed by atoms with E-state index in [1.54, 1.807) is 6.92 Å². The van der Waals surface area contributed by atoms with Crippen LogP contribution in [0.15, 0.2) is 16.6 Å². The second kappa shape index (κ2) is 5.55. The van der Waals surface area contributed by atoms with Crippen molar-refractivity contribution in [3.05, 3.63) is 38.1 Å². The lowest BCUT2D eigenvalue weighted by Gasteiger charge is -2.19. The van der Waals surface area contributed by atoms with Gasteiger partial charge in [-0.15, -0.1) is 0 Å². The second-order valence-corrected chi connectivity index (χ2v) is 4.81. The molecular weight excluding hydrogens is 291 g/mol. The lowest BCUT2D eigenvalue weighted by atomic mass is 9.89. The van der Waals surface area contributed by atoms with Gasteiger partial charge in [0.05, 0.1) is 9.40 Å². The zero-order valence-electron chi connectivity index (χ0n) is 9.61. The third-order valence-corrected chi connectivity index (χ3v) is 3.35. The molecule has 6 heteroatoms. The minimum atomic E-state index is -0.510. The number of nitro benzene ring substituents is 1. The molecule has 0 radical (unpaired) electrons. The molecule has 0 saturated heterocycles. The molecule has 2 N–H and O–H groups in total. The van der Waals surface area contributed by atoms with Crippen LogP contribution in [0.1, 0.15) is 31.7 Å². The molecule has 1 aromatic carbocycles. The molecule has 4 nitrogen and oxygen atoms in total. The normalized spacial score (nSPS) is 14.4. The number of hydrogen-bond donors (Lipinski definition) is 1. The summed E-state index contributed by atoms with van der Waals surface area (Å²) in [5.41, 5.74) is 6.04. The number of halogens is 2. The van der Waals surface area contributed by atoms with Crippen molar-refractivity contribution in [2.75, 3.05) is 0 Å². The molecule has 0 spiro atoms. The van der Waals surface area contributed by atoms with Crippen LogP contribution in [-0.4, -0.2) is 11.0 Å². The van der Waals surface area contributed by atoms with Crippen molar-refractivity contribution in [2.45, 2.75) is 32.2 Å². The largest absolute Gasteiger partial charge is 0.327 e. The Balaban J connectivity index is 3.39. The summed E-state index contributed by atoms with van der Waals surface area (Å²) in [5, 5.41) is 10.9. The zero-order valence-corrected chi connectivity index (χ0v) is 11.2. The highest BCUT2D eigenvalue weighted by atomic mass is 79.9. The number of nitrogens with zero attached hydrogens (tertiary/aromatic N) is 1. The Morgan fingerprint density at radius 2 is 2.18 bits per heavy atom. The van der Waals surface area contributed by atoms with E-state index in [-0.39, 0.29) is 22.1 Å². The first-order valence-electron chi connectivity index (χ1n) is 5.27. The molecule has 17 heavy (non-hydrogen) atoms. The van der Waals surface area contributed by atoms with Crippen LogP contribution in [0, 0.1) is 15.9 Å². The minimum absolute atomic E-state index is 0.0903. The molecule has 1 aromatic rings. The molecule has 0 aliphatic rings. The maximum atomic E-state index is 13.5. The fourth-order valence-corrected chi connectivity index (χ4v) is 2.21. The molecule has 0 aromatic heterocycles. The average molecular weight is 305 g/mol. The lowest BCUT2D eigenvalue weighted by Crippen LogP contribution is -2.25. The molecule has 0 saturated carbocycles. The average Bonchev–Trinajstić information content (AvgIpc) is 2.22. The van der Waals surface area contributed by atoms with Gasteiger partial charge in [0.25, 0.3) is 5.69 Å². The topological polar surface area (TPSA) is 69.2 Å². The van der Waals surface area contributed by atoms with Gasteiger partial charge in [-0.05, 0) is 35.3 Å². The molecule has 0 heterocycles. The SMILES string of the molecule is CCC(c1cc(F)c(Br)cc1[N+](=O)[O-])C(C)N. The molecule has 1 rings (SSSR count). The summed E-state index contributed by atoms with van der Waals surface area (Å²) in [5.74, 6) is -0.734. The summed E-state index contributed by atoms with van der Waals surface area (Å²) < 4.78 is 13.6. The van der Waals surface area contributed by atoms with Crippen molar-refractivity contribution in [1.82, 2.24) is 0 Å². The van der Waals surface area contributed by atoms with Crippen LogP contribution >= 0.6 is 15.9 Å². The van der Waals surface area contributed by atoms with E-state index in [4.69, 9.17) is 5.73 Å². The first kappa shape index (κ1) is 14.1. The number of nitrogens with two attached hydrogens (primary N) is 1. The Kier molecular flexibility index (Phi) is 4.59. The van der Waals surface area contributed by atoms with Crippen molar-refractivity contribution in [2.24, 2.45) is 5.73 Å². The number of hydrogen-bond acceptors (Lipinski definition) is 3. The first-order chi connectivity index (χ1) is 7.88. The molecular formula is C11H14BrFN2O2. The fourth-order valence-electron chi connectivity index (χ4n) is 1.88. The Hall–Kier alpha value is -1.01. The van der Waals surface area contributed by atoms with Crippen LogP contribution in [0.2, 0.25) is 0 Å². The Morgan fingerprint density at radius 3 is 2.59 bits per heavy atom. The standard InChI is InChI=1S/C11H14BrFN2O2/c1-3-7(6(2)14)8-4-10(13)9(12)5-11(8)15(16)17/h4-7H,3,14H2,1-2H3. The Bertz CT molecular complexity index is 438. The molecule has 94 valence electrons. The summed E-state index contributed by atoms with van der Waals surface area (Å²) in [6, 6.07) is 2.12. The Labute approximate surface area is 107 Å². The molecule has 2 atom stereocenters. The summed E-state index contributed by atoms with van der Waals surface area (Å²) in [4.78, 5) is 10.4.